The van der Waals surface area contributed by atoms with Gasteiger partial charge in [-0.15, -0.1) is 0 Å². The van der Waals surface area contributed by atoms with Gasteiger partial charge in [0.1, 0.15) is 12.1 Å². The molecule has 0 bridgehead atoms. The van der Waals surface area contributed by atoms with Crippen molar-refractivity contribution in [3.05, 3.63) is 82.5 Å². The second-order valence-electron chi connectivity index (χ2n) is 11.6. The molecule has 1 atom stereocenters. The summed E-state index contributed by atoms with van der Waals surface area (Å²) in [5, 5.41) is 4.41. The van der Waals surface area contributed by atoms with Crippen LogP contribution in [0.4, 0.5) is 0 Å². The number of benzene rings is 2. The zero-order chi connectivity index (χ0) is 28.9. The lowest BCUT2D eigenvalue weighted by Crippen LogP contribution is -2.61. The van der Waals surface area contributed by atoms with Crippen LogP contribution in [0.2, 0.25) is 5.02 Å². The van der Waals surface area contributed by atoms with Gasteiger partial charge in [-0.05, 0) is 56.0 Å². The van der Waals surface area contributed by atoms with Crippen molar-refractivity contribution in [2.24, 2.45) is 0 Å². The van der Waals surface area contributed by atoms with Gasteiger partial charge in [0, 0.05) is 41.7 Å². The van der Waals surface area contributed by atoms with Crippen molar-refractivity contribution in [2.75, 3.05) is 32.8 Å². The van der Waals surface area contributed by atoms with Crippen molar-refractivity contribution in [1.82, 2.24) is 19.7 Å². The van der Waals surface area contributed by atoms with Crippen LogP contribution >= 0.6 is 11.6 Å². The van der Waals surface area contributed by atoms with Gasteiger partial charge in [0.25, 0.3) is 5.91 Å². The number of hydrogen-bond acceptors (Lipinski definition) is 4. The first-order valence-corrected chi connectivity index (χ1v) is 14.6. The number of rotatable bonds is 7. The first-order valence-electron chi connectivity index (χ1n) is 14.2. The van der Waals surface area contributed by atoms with Gasteiger partial charge in [0.15, 0.2) is 0 Å². The number of fused-ring (bicyclic) bond motifs is 1. The molecule has 2 aromatic carbocycles. The fourth-order valence-electron chi connectivity index (χ4n) is 6.31. The maximum absolute atomic E-state index is 14.4. The summed E-state index contributed by atoms with van der Waals surface area (Å²) in [5.41, 5.74) is 3.75. The molecule has 0 radical (unpaired) electrons. The number of morpholine rings is 1. The zero-order valence-corrected chi connectivity index (χ0v) is 24.2. The highest BCUT2D eigenvalue weighted by atomic mass is 35.5. The highest BCUT2D eigenvalue weighted by molar-refractivity contribution is 6.31. The molecule has 41 heavy (non-hydrogen) atoms. The summed E-state index contributed by atoms with van der Waals surface area (Å²) in [6, 6.07) is 13.7. The van der Waals surface area contributed by atoms with Crippen LogP contribution < -0.4 is 5.32 Å². The number of ether oxygens (including phenoxy) is 1. The van der Waals surface area contributed by atoms with Crippen LogP contribution in [-0.2, 0) is 26.5 Å². The summed E-state index contributed by atoms with van der Waals surface area (Å²) in [7, 11) is 0. The third kappa shape index (κ3) is 5.15. The predicted molar refractivity (Wildman–Crippen MR) is 158 cm³/mol. The molecule has 214 valence electrons. The summed E-state index contributed by atoms with van der Waals surface area (Å²) in [5.74, 6) is -0.125. The van der Waals surface area contributed by atoms with Crippen molar-refractivity contribution in [3.8, 4) is 0 Å². The molecule has 1 saturated carbocycles. The molecule has 9 heteroatoms. The average molecular weight is 575 g/mol. The highest BCUT2D eigenvalue weighted by Crippen LogP contribution is 2.46. The number of aryl methyl sites for hydroxylation is 1. The van der Waals surface area contributed by atoms with Crippen LogP contribution in [0.15, 0.2) is 55.1 Å². The van der Waals surface area contributed by atoms with Gasteiger partial charge in [-0.1, -0.05) is 48.5 Å². The molecule has 1 aliphatic carbocycles. The van der Waals surface area contributed by atoms with Crippen LogP contribution in [0.25, 0.3) is 10.9 Å². The number of carbonyl (C=O) groups is 3. The quantitative estimate of drug-likeness (QED) is 0.425. The molecule has 3 heterocycles. The Bertz CT molecular complexity index is 1540. The van der Waals surface area contributed by atoms with Crippen LogP contribution in [0.3, 0.4) is 0 Å². The van der Waals surface area contributed by atoms with E-state index in [4.69, 9.17) is 16.3 Å². The minimum atomic E-state index is -0.621. The van der Waals surface area contributed by atoms with Gasteiger partial charge in [0.2, 0.25) is 11.8 Å². The largest absolute Gasteiger partial charge is 0.367 e. The molecule has 0 spiro atoms. The monoisotopic (exact) mass is 574 g/mol. The zero-order valence-electron chi connectivity index (χ0n) is 23.5. The van der Waals surface area contributed by atoms with E-state index in [-0.39, 0.29) is 36.2 Å². The Morgan fingerprint density at radius 2 is 1.88 bits per heavy atom. The van der Waals surface area contributed by atoms with Crippen molar-refractivity contribution in [1.29, 1.82) is 0 Å². The third-order valence-corrected chi connectivity index (χ3v) is 8.73. The molecule has 1 N–H and O–H groups in total. The number of hydrogen-bond donors (Lipinski definition) is 1. The van der Waals surface area contributed by atoms with Crippen molar-refractivity contribution in [2.45, 2.75) is 50.8 Å². The third-order valence-electron chi connectivity index (χ3n) is 8.51. The first kappa shape index (κ1) is 27.5. The molecule has 3 fully saturated rings. The van der Waals surface area contributed by atoms with E-state index in [2.05, 4.69) is 11.9 Å². The average Bonchev–Trinajstić information content (AvgIpc) is 3.72. The van der Waals surface area contributed by atoms with Gasteiger partial charge in [-0.25, -0.2) is 0 Å². The second kappa shape index (κ2) is 10.7. The van der Waals surface area contributed by atoms with Gasteiger partial charge in [-0.2, -0.15) is 0 Å². The maximum Gasteiger partial charge on any atom is 0.256 e. The summed E-state index contributed by atoms with van der Waals surface area (Å²) >= 11 is 6.55. The number of amides is 3. The van der Waals surface area contributed by atoms with Crippen LogP contribution in [0.5, 0.6) is 0 Å². The summed E-state index contributed by atoms with van der Waals surface area (Å²) in [6.07, 6.45) is 3.23. The molecule has 1 aromatic heterocycles. The SMILES string of the molecule is C=CC(=O)N1CC(NC(=O)Cn2c(C3CC3)c(C(=O)N3CCOC(C)(c4ccccc4)C3)c3cc(Cl)cc(C)c32)C1. The van der Waals surface area contributed by atoms with Gasteiger partial charge < -0.3 is 24.4 Å². The summed E-state index contributed by atoms with van der Waals surface area (Å²) in [4.78, 5) is 43.1. The van der Waals surface area contributed by atoms with Gasteiger partial charge in [0.05, 0.1) is 30.3 Å². The normalized spacial score (nSPS) is 21.0. The van der Waals surface area contributed by atoms with E-state index in [0.29, 0.717) is 43.4 Å². The standard InChI is InChI=1S/C32H35ClN4O4/c1-4-27(39)36-16-24(17-36)34-26(38)18-37-29-20(2)14-23(33)15-25(29)28(30(37)21-10-11-21)31(40)35-12-13-41-32(3,19-35)22-8-6-5-7-9-22/h4-9,14-15,21,24H,1,10-13,16-19H2,2-3H3,(H,34,38). The Morgan fingerprint density at radius 1 is 1.15 bits per heavy atom. The molecule has 8 nitrogen and oxygen atoms in total. The van der Waals surface area contributed by atoms with E-state index in [1.54, 1.807) is 4.90 Å². The second-order valence-corrected chi connectivity index (χ2v) is 12.1. The molecular formula is C32H35ClN4O4. The molecular weight excluding hydrogens is 540 g/mol. The Hall–Kier alpha value is -3.62. The molecule has 3 amide bonds. The van der Waals surface area contributed by atoms with Crippen LogP contribution in [0.1, 0.15) is 52.9 Å². The fraction of sp³-hybridized carbons (Fsp3) is 0.406. The predicted octanol–water partition coefficient (Wildman–Crippen LogP) is 4.38. The molecule has 1 unspecified atom stereocenters. The van der Waals surface area contributed by atoms with Crippen molar-refractivity contribution < 1.29 is 19.1 Å². The number of halogens is 1. The van der Waals surface area contributed by atoms with E-state index in [1.807, 2.05) is 65.8 Å². The Labute approximate surface area is 244 Å². The Balaban J connectivity index is 1.34. The number of nitrogens with one attached hydrogen (secondary N) is 1. The number of likely N-dealkylation sites (tertiary alicyclic amines) is 1. The van der Waals surface area contributed by atoms with Crippen molar-refractivity contribution >= 4 is 40.2 Å². The summed E-state index contributed by atoms with van der Waals surface area (Å²) in [6.45, 7) is 9.90. The van der Waals surface area contributed by atoms with Gasteiger partial charge in [-0.3, -0.25) is 14.4 Å². The maximum atomic E-state index is 14.4. The van der Waals surface area contributed by atoms with Gasteiger partial charge >= 0.3 is 0 Å². The van der Waals surface area contributed by atoms with E-state index in [0.717, 1.165) is 40.6 Å². The smallest absolute Gasteiger partial charge is 0.256 e. The Morgan fingerprint density at radius 3 is 2.56 bits per heavy atom. The van der Waals surface area contributed by atoms with E-state index in [1.165, 1.54) is 6.08 Å². The fourth-order valence-corrected chi connectivity index (χ4v) is 6.58. The lowest BCUT2D eigenvalue weighted by Gasteiger charge is -2.41. The van der Waals surface area contributed by atoms with E-state index >= 15 is 0 Å². The minimum Gasteiger partial charge on any atom is -0.367 e. The molecule has 2 aliphatic heterocycles. The molecule has 3 aromatic rings. The summed E-state index contributed by atoms with van der Waals surface area (Å²) < 4.78 is 8.25. The lowest BCUT2D eigenvalue weighted by atomic mass is 9.93. The van der Waals surface area contributed by atoms with Crippen molar-refractivity contribution in [3.63, 3.8) is 0 Å². The van der Waals surface area contributed by atoms with E-state index < -0.39 is 5.60 Å². The lowest BCUT2D eigenvalue weighted by molar-refractivity contribution is -0.133. The molecule has 2 saturated heterocycles. The van der Waals surface area contributed by atoms with Crippen LogP contribution in [0, 0.1) is 6.92 Å². The number of nitrogens with zero attached hydrogens (tertiary/aromatic N) is 3. The number of carbonyl (C=O) groups excluding carboxylic acids is 3. The highest BCUT2D eigenvalue weighted by Gasteiger charge is 2.41. The first-order chi connectivity index (χ1) is 19.7. The number of aromatic nitrogens is 1. The topological polar surface area (TPSA) is 83.9 Å². The minimum absolute atomic E-state index is 0.0549. The van der Waals surface area contributed by atoms with E-state index in [9.17, 15) is 14.4 Å². The Kier molecular flexibility index (Phi) is 7.16. The molecule has 6 rings (SSSR count). The molecule has 3 aliphatic rings. The van der Waals surface area contributed by atoms with Crippen LogP contribution in [-0.4, -0.2) is 70.9 Å².